The summed E-state index contributed by atoms with van der Waals surface area (Å²) in [6, 6.07) is 0. The van der Waals surface area contributed by atoms with Crippen molar-refractivity contribution in [1.82, 2.24) is 5.32 Å². The summed E-state index contributed by atoms with van der Waals surface area (Å²) in [5.74, 6) is 0. The SMILES string of the molecule is CCCCNC(=O)OCCCC.[NaH]. The summed E-state index contributed by atoms with van der Waals surface area (Å²) in [6.45, 7) is 5.42. The summed E-state index contributed by atoms with van der Waals surface area (Å²) in [6.07, 6.45) is 3.83. The quantitative estimate of drug-likeness (QED) is 0.519. The molecule has 0 atom stereocenters. The molecule has 0 aromatic heterocycles. The van der Waals surface area contributed by atoms with Crippen molar-refractivity contribution in [3.05, 3.63) is 0 Å². The summed E-state index contributed by atoms with van der Waals surface area (Å²) in [5, 5.41) is 2.68. The average molecular weight is 197 g/mol. The molecule has 0 aromatic carbocycles. The fraction of sp³-hybridized carbons (Fsp3) is 0.889. The van der Waals surface area contributed by atoms with Gasteiger partial charge in [0.25, 0.3) is 0 Å². The zero-order valence-electron chi connectivity index (χ0n) is 8.06. The molecule has 0 spiro atoms. The number of carbonyl (C=O) groups excluding carboxylic acids is 1. The first kappa shape index (κ1) is 15.7. The van der Waals surface area contributed by atoms with Gasteiger partial charge in [0.2, 0.25) is 0 Å². The van der Waals surface area contributed by atoms with Gasteiger partial charge in [-0.2, -0.15) is 0 Å². The molecular weight excluding hydrogens is 177 g/mol. The maximum atomic E-state index is 10.9. The number of hydrogen-bond donors (Lipinski definition) is 1. The normalized spacial score (nSPS) is 8.77. The van der Waals surface area contributed by atoms with E-state index in [9.17, 15) is 4.79 Å². The van der Waals surface area contributed by atoms with Gasteiger partial charge >= 0.3 is 35.7 Å². The molecule has 0 saturated heterocycles. The molecule has 0 aliphatic heterocycles. The van der Waals surface area contributed by atoms with Crippen LogP contribution < -0.4 is 5.32 Å². The Balaban J connectivity index is 0. The molecule has 0 aromatic rings. The fourth-order valence-corrected chi connectivity index (χ4v) is 0.727. The van der Waals surface area contributed by atoms with Crippen molar-refractivity contribution < 1.29 is 9.53 Å². The van der Waals surface area contributed by atoms with Gasteiger partial charge in [0, 0.05) is 6.54 Å². The number of unbranched alkanes of at least 4 members (excludes halogenated alkanes) is 2. The van der Waals surface area contributed by atoms with E-state index in [1.807, 2.05) is 0 Å². The molecular formula is C9H20NNaO2. The Morgan fingerprint density at radius 1 is 1.23 bits per heavy atom. The molecule has 1 N–H and O–H groups in total. The Morgan fingerprint density at radius 2 is 1.85 bits per heavy atom. The second-order valence-corrected chi connectivity index (χ2v) is 2.77. The van der Waals surface area contributed by atoms with Crippen molar-refractivity contribution in [3.8, 4) is 0 Å². The minimum absolute atomic E-state index is 0. The molecule has 1 amide bonds. The van der Waals surface area contributed by atoms with Crippen LogP contribution in [0.3, 0.4) is 0 Å². The van der Waals surface area contributed by atoms with E-state index in [0.29, 0.717) is 6.61 Å². The Hall–Kier alpha value is 0.270. The molecule has 0 radical (unpaired) electrons. The van der Waals surface area contributed by atoms with Crippen molar-refractivity contribution in [3.63, 3.8) is 0 Å². The van der Waals surface area contributed by atoms with Gasteiger partial charge in [-0.25, -0.2) is 4.79 Å². The van der Waals surface area contributed by atoms with Gasteiger partial charge < -0.3 is 10.1 Å². The number of ether oxygens (including phenoxy) is 1. The molecule has 0 fully saturated rings. The van der Waals surface area contributed by atoms with Gasteiger partial charge in [-0.15, -0.1) is 0 Å². The average Bonchev–Trinajstić information content (AvgIpc) is 2.06. The van der Waals surface area contributed by atoms with E-state index >= 15 is 0 Å². The van der Waals surface area contributed by atoms with Crippen LogP contribution in [0.1, 0.15) is 39.5 Å². The van der Waals surface area contributed by atoms with E-state index in [1.54, 1.807) is 0 Å². The zero-order chi connectivity index (χ0) is 9.23. The summed E-state index contributed by atoms with van der Waals surface area (Å²) in [7, 11) is 0. The molecule has 0 unspecified atom stereocenters. The van der Waals surface area contributed by atoms with Crippen LogP contribution in [0.25, 0.3) is 0 Å². The van der Waals surface area contributed by atoms with E-state index < -0.39 is 0 Å². The number of carbonyl (C=O) groups is 1. The Kier molecular flexibility index (Phi) is 14.8. The molecule has 0 bridgehead atoms. The van der Waals surface area contributed by atoms with E-state index in [-0.39, 0.29) is 35.7 Å². The van der Waals surface area contributed by atoms with Gasteiger partial charge in [0.15, 0.2) is 0 Å². The van der Waals surface area contributed by atoms with E-state index in [2.05, 4.69) is 19.2 Å². The third-order valence-corrected chi connectivity index (χ3v) is 1.53. The first-order valence-corrected chi connectivity index (χ1v) is 4.71. The van der Waals surface area contributed by atoms with Crippen molar-refractivity contribution in [2.24, 2.45) is 0 Å². The van der Waals surface area contributed by atoms with Crippen molar-refractivity contribution in [2.75, 3.05) is 13.2 Å². The standard InChI is InChI=1S/C9H19NO2.Na.H/c1-3-5-7-10-9(11)12-8-6-4-2;;/h3-8H2,1-2H3,(H,10,11);;. The van der Waals surface area contributed by atoms with Crippen LogP contribution in [0.2, 0.25) is 0 Å². The molecule has 0 heterocycles. The zero-order valence-corrected chi connectivity index (χ0v) is 8.06. The van der Waals surface area contributed by atoms with Gasteiger partial charge in [-0.3, -0.25) is 0 Å². The monoisotopic (exact) mass is 197 g/mol. The summed E-state index contributed by atoms with van der Waals surface area (Å²) in [4.78, 5) is 10.9. The predicted octanol–water partition coefficient (Wildman–Crippen LogP) is 1.66. The molecule has 0 aliphatic carbocycles. The maximum absolute atomic E-state index is 10.9. The van der Waals surface area contributed by atoms with Gasteiger partial charge in [0.1, 0.15) is 0 Å². The van der Waals surface area contributed by atoms with Crippen molar-refractivity contribution >= 4 is 35.7 Å². The molecule has 13 heavy (non-hydrogen) atoms. The minimum atomic E-state index is -0.281. The first-order chi connectivity index (χ1) is 5.81. The second-order valence-electron chi connectivity index (χ2n) is 2.77. The number of alkyl carbamates (subject to hydrolysis) is 1. The fourth-order valence-electron chi connectivity index (χ4n) is 0.727. The van der Waals surface area contributed by atoms with Crippen LogP contribution in [0.5, 0.6) is 0 Å². The molecule has 74 valence electrons. The van der Waals surface area contributed by atoms with Crippen molar-refractivity contribution in [1.29, 1.82) is 0 Å². The van der Waals surface area contributed by atoms with Crippen LogP contribution in [-0.4, -0.2) is 48.8 Å². The Labute approximate surface area is 103 Å². The molecule has 0 rings (SSSR count). The third-order valence-electron chi connectivity index (χ3n) is 1.53. The number of amides is 1. The topological polar surface area (TPSA) is 38.3 Å². The van der Waals surface area contributed by atoms with E-state index in [4.69, 9.17) is 4.74 Å². The third kappa shape index (κ3) is 12.3. The molecule has 0 aliphatic rings. The van der Waals surface area contributed by atoms with E-state index in [1.165, 1.54) is 0 Å². The van der Waals surface area contributed by atoms with E-state index in [0.717, 1.165) is 32.2 Å². The molecule has 3 nitrogen and oxygen atoms in total. The van der Waals surface area contributed by atoms with Gasteiger partial charge in [-0.1, -0.05) is 26.7 Å². The van der Waals surface area contributed by atoms with Gasteiger partial charge in [0.05, 0.1) is 6.61 Å². The van der Waals surface area contributed by atoms with Crippen LogP contribution in [0, 0.1) is 0 Å². The Bertz CT molecular complexity index is 108. The summed E-state index contributed by atoms with van der Waals surface area (Å²) in [5.41, 5.74) is 0. The van der Waals surface area contributed by atoms with Crippen LogP contribution in [0.4, 0.5) is 4.79 Å². The summed E-state index contributed by atoms with van der Waals surface area (Å²) < 4.78 is 4.88. The van der Waals surface area contributed by atoms with Crippen molar-refractivity contribution in [2.45, 2.75) is 39.5 Å². The summed E-state index contributed by atoms with van der Waals surface area (Å²) >= 11 is 0. The van der Waals surface area contributed by atoms with Crippen LogP contribution in [-0.2, 0) is 4.74 Å². The number of hydrogen-bond acceptors (Lipinski definition) is 2. The molecule has 0 saturated carbocycles. The predicted molar refractivity (Wildman–Crippen MR) is 56.3 cm³/mol. The second kappa shape index (κ2) is 12.3. The number of rotatable bonds is 6. The van der Waals surface area contributed by atoms with Gasteiger partial charge in [-0.05, 0) is 12.8 Å². The van der Waals surface area contributed by atoms with Crippen LogP contribution in [0.15, 0.2) is 0 Å². The number of nitrogens with one attached hydrogen (secondary N) is 1. The molecule has 4 heteroatoms. The van der Waals surface area contributed by atoms with Crippen LogP contribution >= 0.6 is 0 Å². The first-order valence-electron chi connectivity index (χ1n) is 4.71. The Morgan fingerprint density at radius 3 is 2.38 bits per heavy atom.